The Labute approximate surface area is 303 Å². The monoisotopic (exact) mass is 662 g/mol. The first-order valence-electron chi connectivity index (χ1n) is 17.8. The molecule has 0 aliphatic rings. The third-order valence-electron chi connectivity index (χ3n) is 10.3. The number of aromatic nitrogens is 1. The third kappa shape index (κ3) is 5.12. The summed E-state index contributed by atoms with van der Waals surface area (Å²) in [5.74, 6) is 0. The maximum atomic E-state index is 2.40. The summed E-state index contributed by atoms with van der Waals surface area (Å²) in [7, 11) is 0. The van der Waals surface area contributed by atoms with Crippen LogP contribution < -0.4 is 4.90 Å². The molecular weight excluding hydrogens is 629 g/mol. The van der Waals surface area contributed by atoms with Crippen LogP contribution in [0, 0.1) is 0 Å². The van der Waals surface area contributed by atoms with E-state index in [1.165, 1.54) is 65.6 Å². The van der Waals surface area contributed by atoms with Gasteiger partial charge >= 0.3 is 0 Å². The molecule has 52 heavy (non-hydrogen) atoms. The van der Waals surface area contributed by atoms with Crippen LogP contribution in [0.25, 0.3) is 71.3 Å². The molecule has 0 spiro atoms. The molecule has 0 bridgehead atoms. The van der Waals surface area contributed by atoms with Gasteiger partial charge in [-0.2, -0.15) is 0 Å². The van der Waals surface area contributed by atoms with Gasteiger partial charge in [-0.05, 0) is 111 Å². The molecule has 2 nitrogen and oxygen atoms in total. The maximum absolute atomic E-state index is 2.40. The summed E-state index contributed by atoms with van der Waals surface area (Å²) in [5.41, 5.74) is 11.7. The van der Waals surface area contributed by atoms with Gasteiger partial charge in [0.05, 0.1) is 11.0 Å². The summed E-state index contributed by atoms with van der Waals surface area (Å²) in [6, 6.07) is 74.6. The highest BCUT2D eigenvalue weighted by Gasteiger charge is 2.16. The van der Waals surface area contributed by atoms with Crippen LogP contribution in [0.1, 0.15) is 0 Å². The van der Waals surface area contributed by atoms with E-state index < -0.39 is 0 Å². The Morgan fingerprint density at radius 2 is 0.885 bits per heavy atom. The second-order valence-corrected chi connectivity index (χ2v) is 13.4. The maximum Gasteiger partial charge on any atom is 0.0547 e. The number of rotatable bonds is 6. The Hall–Kier alpha value is -6.90. The standard InChI is InChI=1S/C50H34N2/c1-2-15-42(16-3-1)51(45-17-10-14-40(34-45)41-22-21-35-11-4-5-13-39(35)33-41)43-28-23-36(24-29-43)37-25-30-44(31-26-37)52-48-20-9-8-19-47(48)50-46-18-7-6-12-38(46)27-32-49(50)52/h1-34H. The number of hydrogen-bond donors (Lipinski definition) is 0. The van der Waals surface area contributed by atoms with E-state index in [0.29, 0.717) is 0 Å². The van der Waals surface area contributed by atoms with Crippen LogP contribution in [-0.4, -0.2) is 4.57 Å². The molecule has 0 N–H and O–H groups in total. The molecule has 0 unspecified atom stereocenters. The third-order valence-corrected chi connectivity index (χ3v) is 10.3. The molecule has 0 saturated heterocycles. The van der Waals surface area contributed by atoms with Crippen LogP contribution in [0.2, 0.25) is 0 Å². The summed E-state index contributed by atoms with van der Waals surface area (Å²) in [4.78, 5) is 2.34. The normalized spacial score (nSPS) is 11.5. The average molecular weight is 663 g/mol. The van der Waals surface area contributed by atoms with E-state index in [9.17, 15) is 0 Å². The van der Waals surface area contributed by atoms with Gasteiger partial charge in [-0.1, -0.05) is 140 Å². The van der Waals surface area contributed by atoms with Crippen molar-refractivity contribution in [1.29, 1.82) is 0 Å². The van der Waals surface area contributed by atoms with Crippen LogP contribution in [0.15, 0.2) is 206 Å². The van der Waals surface area contributed by atoms with Crippen molar-refractivity contribution in [2.75, 3.05) is 4.90 Å². The van der Waals surface area contributed by atoms with Crippen LogP contribution in [0.5, 0.6) is 0 Å². The van der Waals surface area contributed by atoms with E-state index >= 15 is 0 Å². The van der Waals surface area contributed by atoms with Gasteiger partial charge in [-0.3, -0.25) is 0 Å². The van der Waals surface area contributed by atoms with Crippen LogP contribution in [-0.2, 0) is 0 Å². The molecule has 10 rings (SSSR count). The molecular formula is C50H34N2. The number of anilines is 3. The minimum atomic E-state index is 1.11. The highest BCUT2D eigenvalue weighted by Crippen LogP contribution is 2.39. The van der Waals surface area contributed by atoms with Gasteiger partial charge < -0.3 is 9.47 Å². The summed E-state index contributed by atoms with van der Waals surface area (Å²) < 4.78 is 2.40. The zero-order valence-corrected chi connectivity index (χ0v) is 28.5. The van der Waals surface area contributed by atoms with Crippen molar-refractivity contribution in [3.8, 4) is 27.9 Å². The Balaban J connectivity index is 1.00. The second kappa shape index (κ2) is 12.5. The predicted octanol–water partition coefficient (Wildman–Crippen LogP) is 13.9. The zero-order chi connectivity index (χ0) is 34.4. The molecule has 1 aromatic heterocycles. The Kier molecular flexibility index (Phi) is 7.18. The van der Waals surface area contributed by atoms with Crippen molar-refractivity contribution in [2.24, 2.45) is 0 Å². The lowest BCUT2D eigenvalue weighted by Crippen LogP contribution is -2.09. The number of para-hydroxylation sites is 2. The summed E-state index contributed by atoms with van der Waals surface area (Å²) >= 11 is 0. The Morgan fingerprint density at radius 3 is 1.69 bits per heavy atom. The average Bonchev–Trinajstić information content (AvgIpc) is 3.56. The highest BCUT2D eigenvalue weighted by molar-refractivity contribution is 6.21. The first-order valence-corrected chi connectivity index (χ1v) is 17.8. The molecule has 0 atom stereocenters. The fourth-order valence-corrected chi connectivity index (χ4v) is 7.84. The molecule has 1 heterocycles. The van der Waals surface area contributed by atoms with E-state index in [2.05, 4.69) is 216 Å². The van der Waals surface area contributed by atoms with E-state index in [1.807, 2.05) is 0 Å². The number of nitrogens with zero attached hydrogens (tertiary/aromatic N) is 2. The minimum absolute atomic E-state index is 1.11. The van der Waals surface area contributed by atoms with Crippen molar-refractivity contribution in [3.63, 3.8) is 0 Å². The number of hydrogen-bond acceptors (Lipinski definition) is 1. The molecule has 0 aliphatic carbocycles. The Bertz CT molecular complexity index is 2880. The lowest BCUT2D eigenvalue weighted by Gasteiger charge is -2.26. The van der Waals surface area contributed by atoms with Crippen LogP contribution in [0.3, 0.4) is 0 Å². The van der Waals surface area contributed by atoms with E-state index in [-0.39, 0.29) is 0 Å². The molecule has 0 fully saturated rings. The van der Waals surface area contributed by atoms with E-state index in [1.54, 1.807) is 0 Å². The van der Waals surface area contributed by atoms with Crippen molar-refractivity contribution < 1.29 is 0 Å². The van der Waals surface area contributed by atoms with Gasteiger partial charge in [0.2, 0.25) is 0 Å². The van der Waals surface area contributed by atoms with Crippen molar-refractivity contribution in [3.05, 3.63) is 206 Å². The second-order valence-electron chi connectivity index (χ2n) is 13.4. The van der Waals surface area contributed by atoms with Crippen LogP contribution in [0.4, 0.5) is 17.1 Å². The topological polar surface area (TPSA) is 8.17 Å². The molecule has 0 saturated carbocycles. The van der Waals surface area contributed by atoms with Crippen molar-refractivity contribution in [2.45, 2.75) is 0 Å². The zero-order valence-electron chi connectivity index (χ0n) is 28.5. The highest BCUT2D eigenvalue weighted by atomic mass is 15.1. The van der Waals surface area contributed by atoms with Gasteiger partial charge in [0.25, 0.3) is 0 Å². The minimum Gasteiger partial charge on any atom is -0.310 e. The molecule has 244 valence electrons. The fourth-order valence-electron chi connectivity index (χ4n) is 7.84. The fraction of sp³-hybridized carbons (Fsp3) is 0. The van der Waals surface area contributed by atoms with Gasteiger partial charge in [0.1, 0.15) is 0 Å². The van der Waals surface area contributed by atoms with Gasteiger partial charge in [-0.15, -0.1) is 0 Å². The van der Waals surface area contributed by atoms with Gasteiger partial charge in [0, 0.05) is 33.5 Å². The first kappa shape index (κ1) is 30.0. The molecule has 9 aromatic carbocycles. The van der Waals surface area contributed by atoms with E-state index in [0.717, 1.165) is 22.7 Å². The predicted molar refractivity (Wildman–Crippen MR) is 221 cm³/mol. The molecule has 0 radical (unpaired) electrons. The van der Waals surface area contributed by atoms with Crippen LogP contribution >= 0.6 is 0 Å². The van der Waals surface area contributed by atoms with Gasteiger partial charge in [-0.25, -0.2) is 0 Å². The number of benzene rings is 9. The summed E-state index contributed by atoms with van der Waals surface area (Å²) in [6.07, 6.45) is 0. The summed E-state index contributed by atoms with van der Waals surface area (Å²) in [6.45, 7) is 0. The summed E-state index contributed by atoms with van der Waals surface area (Å²) in [5, 5.41) is 7.64. The molecule has 2 heteroatoms. The first-order chi connectivity index (χ1) is 25.8. The Morgan fingerprint density at radius 1 is 0.308 bits per heavy atom. The van der Waals surface area contributed by atoms with Crippen molar-refractivity contribution in [1.82, 2.24) is 4.57 Å². The molecule has 0 amide bonds. The van der Waals surface area contributed by atoms with Crippen molar-refractivity contribution >= 4 is 60.4 Å². The lowest BCUT2D eigenvalue weighted by molar-refractivity contribution is 1.18. The molecule has 10 aromatic rings. The SMILES string of the molecule is c1ccc(N(c2ccc(-c3ccc(-n4c5ccccc5c5c6ccccc6ccc54)cc3)cc2)c2cccc(-c3ccc4ccccc4c3)c2)cc1. The smallest absolute Gasteiger partial charge is 0.0547 e. The van der Waals surface area contributed by atoms with E-state index in [4.69, 9.17) is 0 Å². The number of fused-ring (bicyclic) bond motifs is 6. The largest absolute Gasteiger partial charge is 0.310 e. The lowest BCUT2D eigenvalue weighted by atomic mass is 10.0. The van der Waals surface area contributed by atoms with Gasteiger partial charge in [0.15, 0.2) is 0 Å². The quantitative estimate of drug-likeness (QED) is 0.172. The molecule has 0 aliphatic heterocycles.